The lowest BCUT2D eigenvalue weighted by molar-refractivity contribution is 0.337. The Balaban J connectivity index is 1.83. The molecule has 0 radical (unpaired) electrons. The van der Waals surface area contributed by atoms with Gasteiger partial charge >= 0.3 is 0 Å². The lowest BCUT2D eigenvalue weighted by atomic mass is 9.92. The molecule has 1 saturated carbocycles. The van der Waals surface area contributed by atoms with Crippen LogP contribution in [0.5, 0.6) is 0 Å². The standard InChI is InChI=1S/C14H26N4/c1-11(2)14(6-7-14)10-15-8-12-9-18(17-16-12)13(3,4)5/h9,11,15H,6-8,10H2,1-5H3. The fourth-order valence-electron chi connectivity index (χ4n) is 2.27. The number of rotatable bonds is 5. The SMILES string of the molecule is CC(C)C1(CNCc2cn(C(C)(C)C)nn2)CC1. The van der Waals surface area contributed by atoms with Gasteiger partial charge in [-0.1, -0.05) is 19.1 Å². The van der Waals surface area contributed by atoms with E-state index in [0.717, 1.165) is 24.7 Å². The van der Waals surface area contributed by atoms with Gasteiger partial charge in [0.25, 0.3) is 0 Å². The number of hydrogen-bond acceptors (Lipinski definition) is 3. The largest absolute Gasteiger partial charge is 0.310 e. The summed E-state index contributed by atoms with van der Waals surface area (Å²) in [5.41, 5.74) is 1.60. The molecule has 0 amide bonds. The Morgan fingerprint density at radius 2 is 2.06 bits per heavy atom. The van der Waals surface area contributed by atoms with Crippen LogP contribution in [0.4, 0.5) is 0 Å². The van der Waals surface area contributed by atoms with Gasteiger partial charge in [0.15, 0.2) is 0 Å². The highest BCUT2D eigenvalue weighted by atomic mass is 15.4. The lowest BCUT2D eigenvalue weighted by Crippen LogP contribution is -2.27. The third-order valence-corrected chi connectivity index (χ3v) is 4.13. The van der Waals surface area contributed by atoms with Crippen LogP contribution in [0.15, 0.2) is 6.20 Å². The first kappa shape index (κ1) is 13.5. The summed E-state index contributed by atoms with van der Waals surface area (Å²) in [5.74, 6) is 0.773. The molecule has 1 aromatic heterocycles. The van der Waals surface area contributed by atoms with Crippen LogP contribution in [-0.4, -0.2) is 21.5 Å². The van der Waals surface area contributed by atoms with Crippen molar-refractivity contribution < 1.29 is 0 Å². The third-order valence-electron chi connectivity index (χ3n) is 4.13. The van der Waals surface area contributed by atoms with E-state index in [4.69, 9.17) is 0 Å². The molecule has 1 N–H and O–H groups in total. The fraction of sp³-hybridized carbons (Fsp3) is 0.857. The van der Waals surface area contributed by atoms with Crippen molar-refractivity contribution in [1.29, 1.82) is 0 Å². The van der Waals surface area contributed by atoms with Crippen LogP contribution in [0.1, 0.15) is 53.2 Å². The quantitative estimate of drug-likeness (QED) is 0.873. The monoisotopic (exact) mass is 250 g/mol. The topological polar surface area (TPSA) is 42.7 Å². The number of nitrogens with one attached hydrogen (secondary N) is 1. The second-order valence-electron chi connectivity index (χ2n) is 6.95. The molecule has 4 heteroatoms. The van der Waals surface area contributed by atoms with Crippen molar-refractivity contribution >= 4 is 0 Å². The van der Waals surface area contributed by atoms with Gasteiger partial charge in [0.1, 0.15) is 0 Å². The molecule has 1 aromatic rings. The molecule has 1 aliphatic rings. The molecular weight excluding hydrogens is 224 g/mol. The zero-order valence-corrected chi connectivity index (χ0v) is 12.3. The van der Waals surface area contributed by atoms with E-state index in [-0.39, 0.29) is 5.54 Å². The predicted octanol–water partition coefficient (Wildman–Crippen LogP) is 2.56. The fourth-order valence-corrected chi connectivity index (χ4v) is 2.27. The van der Waals surface area contributed by atoms with Gasteiger partial charge in [0.05, 0.1) is 17.4 Å². The van der Waals surface area contributed by atoms with Crippen molar-refractivity contribution in [3.05, 3.63) is 11.9 Å². The van der Waals surface area contributed by atoms with Crippen LogP contribution in [0.2, 0.25) is 0 Å². The van der Waals surface area contributed by atoms with Crippen LogP contribution in [0, 0.1) is 11.3 Å². The summed E-state index contributed by atoms with van der Waals surface area (Å²) in [4.78, 5) is 0. The maximum atomic E-state index is 4.22. The highest BCUT2D eigenvalue weighted by molar-refractivity contribution is 4.99. The van der Waals surface area contributed by atoms with E-state index < -0.39 is 0 Å². The Bertz CT molecular complexity index is 396. The number of hydrogen-bond donors (Lipinski definition) is 1. The molecule has 0 aromatic carbocycles. The van der Waals surface area contributed by atoms with Gasteiger partial charge in [0, 0.05) is 13.1 Å². The zero-order valence-electron chi connectivity index (χ0n) is 12.3. The van der Waals surface area contributed by atoms with Crippen LogP contribution in [-0.2, 0) is 12.1 Å². The molecule has 0 atom stereocenters. The Hall–Kier alpha value is -0.900. The maximum Gasteiger partial charge on any atom is 0.0965 e. The van der Waals surface area contributed by atoms with Crippen LogP contribution in [0.25, 0.3) is 0 Å². The second kappa shape index (κ2) is 4.65. The van der Waals surface area contributed by atoms with Crippen molar-refractivity contribution in [2.75, 3.05) is 6.54 Å². The van der Waals surface area contributed by atoms with Crippen molar-refractivity contribution in [2.45, 2.75) is 59.5 Å². The molecule has 1 fully saturated rings. The normalized spacial score (nSPS) is 18.3. The Morgan fingerprint density at radius 3 is 2.50 bits per heavy atom. The Morgan fingerprint density at radius 1 is 1.39 bits per heavy atom. The minimum Gasteiger partial charge on any atom is -0.310 e. The van der Waals surface area contributed by atoms with Crippen molar-refractivity contribution in [1.82, 2.24) is 20.3 Å². The first-order valence-corrected chi connectivity index (χ1v) is 6.96. The van der Waals surface area contributed by atoms with Crippen molar-refractivity contribution in [3.63, 3.8) is 0 Å². The first-order valence-electron chi connectivity index (χ1n) is 6.96. The minimum atomic E-state index is 0.0148. The van der Waals surface area contributed by atoms with Gasteiger partial charge in [-0.05, 0) is 44.9 Å². The van der Waals surface area contributed by atoms with E-state index in [1.165, 1.54) is 12.8 Å². The van der Waals surface area contributed by atoms with Gasteiger partial charge < -0.3 is 5.32 Å². The van der Waals surface area contributed by atoms with Gasteiger partial charge in [0.2, 0.25) is 0 Å². The molecule has 4 nitrogen and oxygen atoms in total. The maximum absolute atomic E-state index is 4.22. The lowest BCUT2D eigenvalue weighted by Gasteiger charge is -2.19. The summed E-state index contributed by atoms with van der Waals surface area (Å²) in [6, 6.07) is 0. The van der Waals surface area contributed by atoms with Crippen LogP contribution in [0.3, 0.4) is 0 Å². The molecule has 102 valence electrons. The third kappa shape index (κ3) is 2.91. The molecule has 18 heavy (non-hydrogen) atoms. The average molecular weight is 250 g/mol. The minimum absolute atomic E-state index is 0.0148. The van der Waals surface area contributed by atoms with E-state index in [9.17, 15) is 0 Å². The van der Waals surface area contributed by atoms with E-state index in [1.54, 1.807) is 0 Å². The van der Waals surface area contributed by atoms with Crippen molar-refractivity contribution in [2.24, 2.45) is 11.3 Å². The Kier molecular flexibility index (Phi) is 3.49. The van der Waals surface area contributed by atoms with E-state index in [1.807, 2.05) is 10.9 Å². The molecule has 0 unspecified atom stereocenters. The van der Waals surface area contributed by atoms with E-state index in [2.05, 4.69) is 50.2 Å². The summed E-state index contributed by atoms with van der Waals surface area (Å²) < 4.78 is 1.93. The molecule has 1 heterocycles. The van der Waals surface area contributed by atoms with Gasteiger partial charge in [-0.3, -0.25) is 0 Å². The van der Waals surface area contributed by atoms with Crippen LogP contribution >= 0.6 is 0 Å². The highest BCUT2D eigenvalue weighted by Crippen LogP contribution is 2.51. The number of aromatic nitrogens is 3. The summed E-state index contributed by atoms with van der Waals surface area (Å²) >= 11 is 0. The zero-order chi connectivity index (χ0) is 13.4. The predicted molar refractivity (Wildman–Crippen MR) is 73.2 cm³/mol. The number of nitrogens with zero attached hydrogens (tertiary/aromatic N) is 3. The molecule has 0 bridgehead atoms. The average Bonchev–Trinajstić information content (AvgIpc) is 2.87. The highest BCUT2D eigenvalue weighted by Gasteiger charge is 2.44. The van der Waals surface area contributed by atoms with Gasteiger partial charge in [-0.15, -0.1) is 5.10 Å². The molecule has 2 rings (SSSR count). The smallest absolute Gasteiger partial charge is 0.0965 e. The van der Waals surface area contributed by atoms with Crippen LogP contribution < -0.4 is 5.32 Å². The molecule has 0 spiro atoms. The molecule has 0 saturated heterocycles. The van der Waals surface area contributed by atoms with E-state index >= 15 is 0 Å². The second-order valence-corrected chi connectivity index (χ2v) is 6.95. The Labute approximate surface area is 110 Å². The summed E-state index contributed by atoms with van der Waals surface area (Å²) in [6.45, 7) is 13.0. The molecular formula is C14H26N4. The first-order chi connectivity index (χ1) is 8.33. The summed E-state index contributed by atoms with van der Waals surface area (Å²) in [6.07, 6.45) is 4.78. The van der Waals surface area contributed by atoms with E-state index in [0.29, 0.717) is 5.41 Å². The van der Waals surface area contributed by atoms with Gasteiger partial charge in [-0.25, -0.2) is 4.68 Å². The van der Waals surface area contributed by atoms with Gasteiger partial charge in [-0.2, -0.15) is 0 Å². The molecule has 1 aliphatic carbocycles. The molecule has 0 aliphatic heterocycles. The van der Waals surface area contributed by atoms with Crippen molar-refractivity contribution in [3.8, 4) is 0 Å². The summed E-state index contributed by atoms with van der Waals surface area (Å²) in [5, 5.41) is 11.9. The summed E-state index contributed by atoms with van der Waals surface area (Å²) in [7, 11) is 0.